The minimum Gasteiger partial charge on any atom is -0.493 e. The topological polar surface area (TPSA) is 66.2 Å². The van der Waals surface area contributed by atoms with Gasteiger partial charge in [0.15, 0.2) is 23.0 Å². The summed E-state index contributed by atoms with van der Waals surface area (Å²) in [5, 5.41) is 0. The van der Waals surface area contributed by atoms with Crippen LogP contribution in [0.25, 0.3) is 0 Å². The Morgan fingerprint density at radius 1 is 0.561 bits per heavy atom. The van der Waals surface area contributed by atoms with Gasteiger partial charge in [0.1, 0.15) is 0 Å². The Labute approximate surface area is 250 Å². The van der Waals surface area contributed by atoms with Crippen LogP contribution in [0.3, 0.4) is 0 Å². The largest absolute Gasteiger partial charge is 0.493 e. The highest BCUT2D eigenvalue weighted by atomic mass is 16.5. The van der Waals surface area contributed by atoms with Gasteiger partial charge in [-0.15, -0.1) is 0 Å². The molecule has 0 fully saturated rings. The Bertz CT molecular complexity index is 937. The van der Waals surface area contributed by atoms with Crippen LogP contribution in [0.5, 0.6) is 23.0 Å². The van der Waals surface area contributed by atoms with Crippen molar-refractivity contribution in [2.24, 2.45) is 17.6 Å². The normalized spacial score (nSPS) is 13.1. The second-order valence-corrected chi connectivity index (χ2v) is 12.3. The number of ether oxygens (including phenoxy) is 4. The summed E-state index contributed by atoms with van der Waals surface area (Å²) >= 11 is 0. The van der Waals surface area contributed by atoms with Crippen molar-refractivity contribution in [1.82, 2.24) is 4.90 Å². The Balaban J connectivity index is 2.23. The molecule has 6 heteroatoms. The molecule has 2 rings (SSSR count). The van der Waals surface area contributed by atoms with Crippen molar-refractivity contribution in [3.05, 3.63) is 47.5 Å². The Morgan fingerprint density at radius 2 is 1.02 bits per heavy atom. The van der Waals surface area contributed by atoms with Crippen LogP contribution in [-0.2, 0) is 13.1 Å². The fraction of sp³-hybridized carbons (Fsp3) is 0.657. The average Bonchev–Trinajstić information content (AvgIpc) is 2.96. The van der Waals surface area contributed by atoms with Gasteiger partial charge < -0.3 is 24.7 Å². The third-order valence-corrected chi connectivity index (χ3v) is 7.99. The van der Waals surface area contributed by atoms with E-state index in [0.29, 0.717) is 18.0 Å². The van der Waals surface area contributed by atoms with E-state index in [0.717, 1.165) is 54.8 Å². The number of nitrogens with zero attached hydrogens (tertiary/aromatic N) is 1. The molecule has 232 valence electrons. The Kier molecular flexibility index (Phi) is 16.0. The summed E-state index contributed by atoms with van der Waals surface area (Å²) in [6.45, 7) is 10.9. The van der Waals surface area contributed by atoms with Gasteiger partial charge in [-0.05, 0) is 85.8 Å². The van der Waals surface area contributed by atoms with Crippen molar-refractivity contribution >= 4 is 0 Å². The van der Waals surface area contributed by atoms with E-state index in [1.165, 1.54) is 56.1 Å². The van der Waals surface area contributed by atoms with Crippen LogP contribution >= 0.6 is 0 Å². The van der Waals surface area contributed by atoms with Gasteiger partial charge >= 0.3 is 0 Å². The van der Waals surface area contributed by atoms with Crippen molar-refractivity contribution in [3.63, 3.8) is 0 Å². The maximum absolute atomic E-state index is 6.41. The maximum Gasteiger partial charge on any atom is 0.161 e. The maximum atomic E-state index is 6.41. The predicted octanol–water partition coefficient (Wildman–Crippen LogP) is 8.24. The van der Waals surface area contributed by atoms with Crippen LogP contribution in [0, 0.1) is 11.8 Å². The molecule has 0 amide bonds. The fourth-order valence-corrected chi connectivity index (χ4v) is 5.43. The molecule has 0 heterocycles. The Morgan fingerprint density at radius 3 is 1.49 bits per heavy atom. The Hall–Kier alpha value is -2.44. The molecule has 0 aliphatic rings. The van der Waals surface area contributed by atoms with E-state index >= 15 is 0 Å². The van der Waals surface area contributed by atoms with Gasteiger partial charge in [0.05, 0.1) is 28.4 Å². The molecule has 2 N–H and O–H groups in total. The molecule has 0 saturated heterocycles. The van der Waals surface area contributed by atoms with Crippen molar-refractivity contribution in [1.29, 1.82) is 0 Å². The van der Waals surface area contributed by atoms with Crippen LogP contribution in [0.4, 0.5) is 0 Å². The average molecular weight is 571 g/mol. The SMILES string of the molecule is COc1ccc(CN(Cc2ccc(OC)c(OC)c2)C(CCCCCC(N)CCC(C)C)CCC(C)C)cc1OC. The summed E-state index contributed by atoms with van der Waals surface area (Å²) in [5.41, 5.74) is 8.84. The van der Waals surface area contributed by atoms with Crippen LogP contribution in [0.1, 0.15) is 96.6 Å². The van der Waals surface area contributed by atoms with Crippen LogP contribution < -0.4 is 24.7 Å². The quantitative estimate of drug-likeness (QED) is 0.152. The van der Waals surface area contributed by atoms with Gasteiger partial charge in [0, 0.05) is 25.2 Å². The van der Waals surface area contributed by atoms with Gasteiger partial charge in [-0.25, -0.2) is 0 Å². The van der Waals surface area contributed by atoms with E-state index in [-0.39, 0.29) is 0 Å². The molecule has 0 spiro atoms. The lowest BCUT2D eigenvalue weighted by atomic mass is 9.95. The lowest BCUT2D eigenvalue weighted by Gasteiger charge is -2.33. The van der Waals surface area contributed by atoms with E-state index in [1.807, 2.05) is 12.1 Å². The number of hydrogen-bond acceptors (Lipinski definition) is 6. The van der Waals surface area contributed by atoms with E-state index < -0.39 is 0 Å². The van der Waals surface area contributed by atoms with E-state index in [9.17, 15) is 0 Å². The van der Waals surface area contributed by atoms with Crippen LogP contribution in [-0.4, -0.2) is 45.4 Å². The standard InChI is InChI=1S/C35H58N2O4/c1-26(2)14-18-30(36)12-10-9-11-13-31(19-15-27(3)4)37(24-28-16-20-32(38-5)34(22-28)40-7)25-29-17-21-33(39-6)35(23-29)41-8/h16-17,20-23,26-27,30-31H,9-15,18-19,24-25,36H2,1-8H3. The lowest BCUT2D eigenvalue weighted by Crippen LogP contribution is -2.35. The molecule has 41 heavy (non-hydrogen) atoms. The highest BCUT2D eigenvalue weighted by molar-refractivity contribution is 5.44. The summed E-state index contributed by atoms with van der Waals surface area (Å²) in [5.74, 6) is 4.44. The summed E-state index contributed by atoms with van der Waals surface area (Å²) in [6, 6.07) is 13.3. The van der Waals surface area contributed by atoms with E-state index in [4.69, 9.17) is 24.7 Å². The number of methoxy groups -OCH3 is 4. The van der Waals surface area contributed by atoms with Crippen LogP contribution in [0.15, 0.2) is 36.4 Å². The predicted molar refractivity (Wildman–Crippen MR) is 171 cm³/mol. The van der Waals surface area contributed by atoms with Gasteiger partial charge in [0.25, 0.3) is 0 Å². The summed E-state index contributed by atoms with van der Waals surface area (Å²) in [6.07, 6.45) is 10.7. The van der Waals surface area contributed by atoms with Gasteiger partial charge in [-0.3, -0.25) is 4.90 Å². The number of unbranched alkanes of at least 4 members (excludes halogenated alkanes) is 2. The molecule has 0 radical (unpaired) electrons. The second-order valence-electron chi connectivity index (χ2n) is 12.3. The lowest BCUT2D eigenvalue weighted by molar-refractivity contribution is 0.150. The zero-order valence-electron chi connectivity index (χ0n) is 27.2. The highest BCUT2D eigenvalue weighted by Crippen LogP contribution is 2.32. The monoisotopic (exact) mass is 570 g/mol. The molecule has 0 aliphatic heterocycles. The molecule has 0 bridgehead atoms. The molecular formula is C35H58N2O4. The zero-order valence-corrected chi connectivity index (χ0v) is 27.2. The first-order chi connectivity index (χ1) is 19.7. The first-order valence-electron chi connectivity index (χ1n) is 15.6. The number of hydrogen-bond donors (Lipinski definition) is 1. The minimum absolute atomic E-state index is 0.334. The van der Waals surface area contributed by atoms with Gasteiger partial charge in [-0.1, -0.05) is 59.1 Å². The van der Waals surface area contributed by atoms with Crippen molar-refractivity contribution in [2.45, 2.75) is 111 Å². The van der Waals surface area contributed by atoms with Crippen molar-refractivity contribution < 1.29 is 18.9 Å². The first-order valence-corrected chi connectivity index (χ1v) is 15.6. The third kappa shape index (κ3) is 12.5. The summed E-state index contributed by atoms with van der Waals surface area (Å²) in [4.78, 5) is 2.64. The summed E-state index contributed by atoms with van der Waals surface area (Å²) < 4.78 is 22.3. The molecular weight excluding hydrogens is 512 g/mol. The third-order valence-electron chi connectivity index (χ3n) is 7.99. The molecule has 2 unspecified atom stereocenters. The molecule has 0 saturated carbocycles. The molecule has 2 atom stereocenters. The minimum atomic E-state index is 0.334. The van der Waals surface area contributed by atoms with Gasteiger partial charge in [0.2, 0.25) is 0 Å². The molecule has 2 aromatic rings. The van der Waals surface area contributed by atoms with Crippen molar-refractivity contribution in [2.75, 3.05) is 28.4 Å². The zero-order chi connectivity index (χ0) is 30.2. The fourth-order valence-electron chi connectivity index (χ4n) is 5.43. The van der Waals surface area contributed by atoms with Crippen molar-refractivity contribution in [3.8, 4) is 23.0 Å². The second kappa shape index (κ2) is 18.9. The number of rotatable bonds is 21. The molecule has 2 aromatic carbocycles. The molecule has 0 aromatic heterocycles. The summed E-state index contributed by atoms with van der Waals surface area (Å²) in [7, 11) is 6.76. The van der Waals surface area contributed by atoms with E-state index in [1.54, 1.807) is 28.4 Å². The number of nitrogens with two attached hydrogens (primary N) is 1. The smallest absolute Gasteiger partial charge is 0.161 e. The molecule has 6 nitrogen and oxygen atoms in total. The van der Waals surface area contributed by atoms with Crippen LogP contribution in [0.2, 0.25) is 0 Å². The first kappa shape index (κ1) is 34.8. The molecule has 0 aliphatic carbocycles. The van der Waals surface area contributed by atoms with Gasteiger partial charge in [-0.2, -0.15) is 0 Å². The highest BCUT2D eigenvalue weighted by Gasteiger charge is 2.21. The van der Waals surface area contributed by atoms with E-state index in [2.05, 4.69) is 56.9 Å². The number of benzene rings is 2.